The van der Waals surface area contributed by atoms with Gasteiger partial charge in [-0.25, -0.2) is 0 Å². The number of rotatable bonds is 6. The lowest BCUT2D eigenvalue weighted by molar-refractivity contribution is -0.111. The van der Waals surface area contributed by atoms with E-state index in [4.69, 9.17) is 0 Å². The fourth-order valence-electron chi connectivity index (χ4n) is 3.96. The number of fused-ring (bicyclic) bond motifs is 3. The average molecular weight is 463 g/mol. The zero-order chi connectivity index (χ0) is 23.3. The molecule has 166 valence electrons. The summed E-state index contributed by atoms with van der Waals surface area (Å²) in [6.45, 7) is 0. The molecule has 0 aliphatic carbocycles. The van der Waals surface area contributed by atoms with Gasteiger partial charge in [0.15, 0.2) is 0 Å². The molecule has 0 spiro atoms. The first-order valence-electron chi connectivity index (χ1n) is 11.0. The van der Waals surface area contributed by atoms with Gasteiger partial charge in [-0.15, -0.1) is 11.8 Å². The summed E-state index contributed by atoms with van der Waals surface area (Å²) in [6, 6.07) is 33.2. The van der Waals surface area contributed by atoms with E-state index in [1.807, 2.05) is 95.6 Å². The number of aromatic nitrogens is 1. The molecule has 1 N–H and O–H groups in total. The van der Waals surface area contributed by atoms with Gasteiger partial charge in [0.2, 0.25) is 11.8 Å². The number of para-hydroxylation sites is 2. The standard InChI is InChI=1S/C29H22N2O2S/c32-28(19-14-21-8-2-1-3-9-21)30-22-15-17-23(18-16-22)34-20-29(33)31-26-12-6-4-10-24(26)25-11-5-7-13-27(25)31/h1-19H,20H2,(H,30,32)/b19-14+. The first-order chi connectivity index (χ1) is 16.7. The number of hydrogen-bond acceptors (Lipinski definition) is 3. The number of carbonyl (C=O) groups is 2. The molecule has 0 bridgehead atoms. The molecule has 4 aromatic carbocycles. The molecule has 4 nitrogen and oxygen atoms in total. The summed E-state index contributed by atoms with van der Waals surface area (Å²) in [6.07, 6.45) is 3.29. The molecule has 0 atom stereocenters. The second-order valence-corrected chi connectivity index (χ2v) is 8.86. The van der Waals surface area contributed by atoms with Crippen LogP contribution in [0.25, 0.3) is 27.9 Å². The summed E-state index contributed by atoms with van der Waals surface area (Å²) >= 11 is 1.48. The quantitative estimate of drug-likeness (QED) is 0.221. The molecule has 34 heavy (non-hydrogen) atoms. The van der Waals surface area contributed by atoms with E-state index in [-0.39, 0.29) is 11.8 Å². The van der Waals surface area contributed by atoms with Crippen LogP contribution in [0.5, 0.6) is 0 Å². The number of nitrogens with zero attached hydrogens (tertiary/aromatic N) is 1. The van der Waals surface area contributed by atoms with Crippen LogP contribution >= 0.6 is 11.8 Å². The lowest BCUT2D eigenvalue weighted by Crippen LogP contribution is -2.12. The van der Waals surface area contributed by atoms with E-state index in [1.54, 1.807) is 6.08 Å². The second-order valence-electron chi connectivity index (χ2n) is 7.81. The molecule has 0 unspecified atom stereocenters. The van der Waals surface area contributed by atoms with Crippen molar-refractivity contribution in [3.63, 3.8) is 0 Å². The molecule has 5 heteroatoms. The van der Waals surface area contributed by atoms with Gasteiger partial charge in [0, 0.05) is 27.4 Å². The van der Waals surface area contributed by atoms with E-state index in [9.17, 15) is 9.59 Å². The van der Waals surface area contributed by atoms with E-state index < -0.39 is 0 Å². The van der Waals surface area contributed by atoms with Gasteiger partial charge >= 0.3 is 0 Å². The Morgan fingerprint density at radius 3 is 1.97 bits per heavy atom. The van der Waals surface area contributed by atoms with E-state index in [0.29, 0.717) is 11.4 Å². The Hall–Kier alpha value is -4.09. The lowest BCUT2D eigenvalue weighted by atomic mass is 10.2. The van der Waals surface area contributed by atoms with Crippen molar-refractivity contribution < 1.29 is 9.59 Å². The fourth-order valence-corrected chi connectivity index (χ4v) is 4.70. The normalized spacial score (nSPS) is 11.3. The summed E-state index contributed by atoms with van der Waals surface area (Å²) in [4.78, 5) is 26.3. The number of carbonyl (C=O) groups excluding carboxylic acids is 2. The van der Waals surface area contributed by atoms with Crippen molar-refractivity contribution in [2.75, 3.05) is 11.1 Å². The summed E-state index contributed by atoms with van der Waals surface area (Å²) < 4.78 is 1.81. The monoisotopic (exact) mass is 462 g/mol. The number of benzene rings is 4. The third-order valence-electron chi connectivity index (χ3n) is 5.54. The molecule has 0 radical (unpaired) electrons. The molecule has 0 saturated heterocycles. The van der Waals surface area contributed by atoms with Crippen molar-refractivity contribution in [1.82, 2.24) is 4.57 Å². The Labute approximate surface area is 201 Å². The van der Waals surface area contributed by atoms with Crippen molar-refractivity contribution in [3.8, 4) is 0 Å². The predicted octanol–water partition coefficient (Wildman–Crippen LogP) is 6.88. The van der Waals surface area contributed by atoms with Crippen molar-refractivity contribution >= 4 is 57.1 Å². The summed E-state index contributed by atoms with van der Waals surface area (Å²) in [7, 11) is 0. The highest BCUT2D eigenvalue weighted by molar-refractivity contribution is 8.00. The highest BCUT2D eigenvalue weighted by Crippen LogP contribution is 2.29. The minimum absolute atomic E-state index is 0.0332. The van der Waals surface area contributed by atoms with Crippen molar-refractivity contribution in [3.05, 3.63) is 115 Å². The topological polar surface area (TPSA) is 51.1 Å². The third kappa shape index (κ3) is 4.65. The Kier molecular flexibility index (Phi) is 6.27. The maximum Gasteiger partial charge on any atom is 0.248 e. The highest BCUT2D eigenvalue weighted by Gasteiger charge is 2.15. The Morgan fingerprint density at radius 1 is 0.735 bits per heavy atom. The van der Waals surface area contributed by atoms with Gasteiger partial charge in [0.05, 0.1) is 16.8 Å². The molecular weight excluding hydrogens is 440 g/mol. The molecule has 5 aromatic rings. The first-order valence-corrected chi connectivity index (χ1v) is 12.0. The maximum absolute atomic E-state index is 13.2. The van der Waals surface area contributed by atoms with Crippen LogP contribution in [0.3, 0.4) is 0 Å². The largest absolute Gasteiger partial charge is 0.323 e. The van der Waals surface area contributed by atoms with E-state index >= 15 is 0 Å². The summed E-state index contributed by atoms with van der Waals surface area (Å²) in [5.41, 5.74) is 3.53. The van der Waals surface area contributed by atoms with Gasteiger partial charge in [-0.05, 0) is 48.0 Å². The number of anilines is 1. The molecular formula is C29H22N2O2S. The van der Waals surface area contributed by atoms with Gasteiger partial charge in [0.25, 0.3) is 0 Å². The van der Waals surface area contributed by atoms with Crippen LogP contribution in [0.1, 0.15) is 10.4 Å². The van der Waals surface area contributed by atoms with Crippen molar-refractivity contribution in [1.29, 1.82) is 0 Å². The SMILES string of the molecule is O=C(/C=C/c1ccccc1)Nc1ccc(SCC(=O)n2c3ccccc3c3ccccc32)cc1. The Balaban J connectivity index is 1.24. The number of nitrogens with one attached hydrogen (secondary N) is 1. The molecule has 1 aromatic heterocycles. The zero-order valence-electron chi connectivity index (χ0n) is 18.3. The van der Waals surface area contributed by atoms with Gasteiger partial charge in [0.1, 0.15) is 0 Å². The fraction of sp³-hybridized carbons (Fsp3) is 0.0345. The molecule has 5 rings (SSSR count). The third-order valence-corrected chi connectivity index (χ3v) is 6.54. The summed E-state index contributed by atoms with van der Waals surface area (Å²) in [5, 5.41) is 5.02. The van der Waals surface area contributed by atoms with E-state index in [2.05, 4.69) is 17.4 Å². The van der Waals surface area contributed by atoms with E-state index in [1.165, 1.54) is 17.8 Å². The highest BCUT2D eigenvalue weighted by atomic mass is 32.2. The average Bonchev–Trinajstić information content (AvgIpc) is 3.22. The zero-order valence-corrected chi connectivity index (χ0v) is 19.2. The molecule has 0 aliphatic heterocycles. The van der Waals surface area contributed by atoms with Crippen LogP contribution in [0, 0.1) is 0 Å². The summed E-state index contributed by atoms with van der Waals surface area (Å²) in [5.74, 6) is 0.158. The molecule has 1 amide bonds. The Morgan fingerprint density at radius 2 is 1.32 bits per heavy atom. The van der Waals surface area contributed by atoms with Crippen molar-refractivity contribution in [2.24, 2.45) is 0 Å². The maximum atomic E-state index is 13.2. The Bertz CT molecular complexity index is 1450. The molecule has 0 aliphatic rings. The molecule has 1 heterocycles. The lowest BCUT2D eigenvalue weighted by Gasteiger charge is -2.07. The van der Waals surface area contributed by atoms with Crippen LogP contribution in [-0.2, 0) is 4.79 Å². The van der Waals surface area contributed by atoms with Crippen LogP contribution in [0.2, 0.25) is 0 Å². The van der Waals surface area contributed by atoms with Crippen molar-refractivity contribution in [2.45, 2.75) is 4.90 Å². The van der Waals surface area contributed by atoms with Gasteiger partial charge in [-0.1, -0.05) is 66.7 Å². The predicted molar refractivity (Wildman–Crippen MR) is 141 cm³/mol. The number of hydrogen-bond donors (Lipinski definition) is 1. The molecule has 0 saturated carbocycles. The number of thioether (sulfide) groups is 1. The van der Waals surface area contributed by atoms with Crippen LogP contribution < -0.4 is 5.32 Å². The second kappa shape index (κ2) is 9.81. The van der Waals surface area contributed by atoms with Crippen LogP contribution in [0.15, 0.2) is 114 Å². The number of amides is 1. The minimum Gasteiger partial charge on any atom is -0.323 e. The molecule has 0 fully saturated rings. The van der Waals surface area contributed by atoms with Gasteiger partial charge in [-0.3, -0.25) is 14.2 Å². The first kappa shape index (κ1) is 21.7. The smallest absolute Gasteiger partial charge is 0.248 e. The van der Waals surface area contributed by atoms with E-state index in [0.717, 1.165) is 32.3 Å². The minimum atomic E-state index is -0.189. The van der Waals surface area contributed by atoms with Gasteiger partial charge < -0.3 is 5.32 Å². The van der Waals surface area contributed by atoms with Crippen LogP contribution in [-0.4, -0.2) is 22.1 Å². The van der Waals surface area contributed by atoms with Crippen LogP contribution in [0.4, 0.5) is 5.69 Å². The van der Waals surface area contributed by atoms with Gasteiger partial charge in [-0.2, -0.15) is 0 Å².